The molecule has 0 aromatic carbocycles. The number of nitrogen functional groups attached to an aromatic ring is 1. The van der Waals surface area contributed by atoms with Gasteiger partial charge in [-0.05, 0) is 25.9 Å². The highest BCUT2D eigenvalue weighted by molar-refractivity contribution is 5.99. The number of rotatable bonds is 3. The van der Waals surface area contributed by atoms with Crippen LogP contribution in [-0.4, -0.2) is 42.0 Å². The first kappa shape index (κ1) is 12.7. The van der Waals surface area contributed by atoms with E-state index in [2.05, 4.69) is 15.7 Å². The topological polar surface area (TPSA) is 94.2 Å². The fraction of sp³-hybridized carbons (Fsp3) is 0.636. The third-order valence-corrected chi connectivity index (χ3v) is 3.16. The van der Waals surface area contributed by atoms with Gasteiger partial charge in [0, 0.05) is 13.1 Å². The van der Waals surface area contributed by atoms with Crippen molar-refractivity contribution in [3.8, 4) is 0 Å². The number of anilines is 2. The van der Waals surface area contributed by atoms with Crippen molar-refractivity contribution < 1.29 is 9.53 Å². The molecule has 1 aromatic heterocycles. The van der Waals surface area contributed by atoms with Crippen molar-refractivity contribution >= 4 is 17.6 Å². The lowest BCUT2D eigenvalue weighted by Crippen LogP contribution is -2.35. The zero-order valence-corrected chi connectivity index (χ0v) is 10.7. The maximum absolute atomic E-state index is 11.7. The monoisotopic (exact) mass is 253 g/mol. The van der Waals surface area contributed by atoms with Crippen LogP contribution >= 0.6 is 0 Å². The summed E-state index contributed by atoms with van der Waals surface area (Å²) in [4.78, 5) is 11.7. The molecular weight excluding hydrogens is 234 g/mol. The van der Waals surface area contributed by atoms with Crippen LogP contribution in [0, 0.1) is 0 Å². The second kappa shape index (κ2) is 5.26. The zero-order valence-electron chi connectivity index (χ0n) is 10.7. The number of hydrogen-bond donors (Lipinski definition) is 3. The number of nitrogens with one attached hydrogen (secondary N) is 2. The summed E-state index contributed by atoms with van der Waals surface area (Å²) in [5, 5.41) is 10.8. The maximum Gasteiger partial charge on any atom is 0.345 e. The first-order chi connectivity index (χ1) is 8.63. The van der Waals surface area contributed by atoms with Crippen molar-refractivity contribution in [2.45, 2.75) is 18.9 Å². The molecule has 7 heteroatoms. The number of ether oxygens (including phenoxy) is 1. The van der Waals surface area contributed by atoms with E-state index < -0.39 is 5.97 Å². The zero-order chi connectivity index (χ0) is 13.1. The van der Waals surface area contributed by atoms with Crippen molar-refractivity contribution in [3.05, 3.63) is 5.56 Å². The lowest BCUT2D eigenvalue weighted by Gasteiger charge is -2.23. The number of carbonyl (C=O) groups excluding carboxylic acids is 1. The van der Waals surface area contributed by atoms with E-state index in [-0.39, 0.29) is 0 Å². The second-order valence-corrected chi connectivity index (χ2v) is 4.39. The lowest BCUT2D eigenvalue weighted by molar-refractivity contribution is 0.0603. The molecule has 0 unspecified atom stereocenters. The molecule has 0 aliphatic carbocycles. The molecule has 1 aromatic rings. The Bertz CT molecular complexity index is 437. The number of aryl methyl sites for hydroxylation is 1. The molecular formula is C11H19N5O2. The van der Waals surface area contributed by atoms with Crippen LogP contribution in [0.15, 0.2) is 0 Å². The van der Waals surface area contributed by atoms with E-state index in [0.717, 1.165) is 25.9 Å². The molecule has 1 aliphatic heterocycles. The molecule has 1 saturated heterocycles. The summed E-state index contributed by atoms with van der Waals surface area (Å²) in [6.07, 6.45) is 1.99. The van der Waals surface area contributed by atoms with Crippen molar-refractivity contribution in [1.29, 1.82) is 0 Å². The predicted molar refractivity (Wildman–Crippen MR) is 68.5 cm³/mol. The average molecular weight is 253 g/mol. The Hall–Kier alpha value is -1.76. The van der Waals surface area contributed by atoms with E-state index >= 15 is 0 Å². The van der Waals surface area contributed by atoms with Crippen molar-refractivity contribution in [2.24, 2.45) is 7.05 Å². The molecule has 18 heavy (non-hydrogen) atoms. The first-order valence-electron chi connectivity index (χ1n) is 6.01. The molecule has 2 heterocycles. The number of nitrogens with zero attached hydrogens (tertiary/aromatic N) is 2. The third-order valence-electron chi connectivity index (χ3n) is 3.16. The minimum atomic E-state index is -0.461. The second-order valence-electron chi connectivity index (χ2n) is 4.39. The van der Waals surface area contributed by atoms with Crippen LogP contribution in [0.25, 0.3) is 0 Å². The third kappa shape index (κ3) is 2.40. The van der Waals surface area contributed by atoms with Crippen LogP contribution < -0.4 is 16.4 Å². The highest BCUT2D eigenvalue weighted by atomic mass is 16.5. The summed E-state index contributed by atoms with van der Waals surface area (Å²) >= 11 is 0. The molecule has 0 saturated carbocycles. The van der Waals surface area contributed by atoms with Crippen molar-refractivity contribution in [3.63, 3.8) is 0 Å². The molecule has 0 spiro atoms. The number of nitrogens with two attached hydrogens (primary N) is 1. The number of aromatic nitrogens is 2. The molecule has 1 fully saturated rings. The Morgan fingerprint density at radius 3 is 2.83 bits per heavy atom. The van der Waals surface area contributed by atoms with E-state index in [1.807, 2.05) is 0 Å². The maximum atomic E-state index is 11.7. The number of carbonyl (C=O) groups is 1. The van der Waals surface area contributed by atoms with E-state index in [0.29, 0.717) is 23.2 Å². The number of methoxy groups -OCH3 is 1. The van der Waals surface area contributed by atoms with Gasteiger partial charge >= 0.3 is 5.97 Å². The minimum Gasteiger partial charge on any atom is -0.465 e. The molecule has 100 valence electrons. The van der Waals surface area contributed by atoms with E-state index in [9.17, 15) is 4.79 Å². The average Bonchev–Trinajstić information content (AvgIpc) is 2.65. The number of piperidine rings is 1. The van der Waals surface area contributed by atoms with Gasteiger partial charge < -0.3 is 21.1 Å². The van der Waals surface area contributed by atoms with Crippen LogP contribution in [0.3, 0.4) is 0 Å². The highest BCUT2D eigenvalue weighted by Gasteiger charge is 2.24. The Kier molecular flexibility index (Phi) is 3.71. The Labute approximate surface area is 106 Å². The quantitative estimate of drug-likeness (QED) is 0.654. The number of esters is 1. The Morgan fingerprint density at radius 1 is 1.56 bits per heavy atom. The van der Waals surface area contributed by atoms with Crippen LogP contribution in [-0.2, 0) is 11.8 Å². The smallest absolute Gasteiger partial charge is 0.345 e. The van der Waals surface area contributed by atoms with Gasteiger partial charge in [0.25, 0.3) is 0 Å². The van der Waals surface area contributed by atoms with Gasteiger partial charge in [0.2, 0.25) is 0 Å². The van der Waals surface area contributed by atoms with Crippen LogP contribution in [0.1, 0.15) is 23.2 Å². The summed E-state index contributed by atoms with van der Waals surface area (Å²) in [7, 11) is 3.04. The van der Waals surface area contributed by atoms with Gasteiger partial charge in [-0.3, -0.25) is 4.68 Å². The van der Waals surface area contributed by atoms with Gasteiger partial charge in [0.1, 0.15) is 11.4 Å². The van der Waals surface area contributed by atoms with Gasteiger partial charge in [-0.2, -0.15) is 5.10 Å². The van der Waals surface area contributed by atoms with Gasteiger partial charge in [0.05, 0.1) is 7.11 Å². The molecule has 7 nitrogen and oxygen atoms in total. The fourth-order valence-corrected chi connectivity index (χ4v) is 2.10. The Balaban J connectivity index is 2.20. The molecule has 1 aliphatic rings. The predicted octanol–water partition coefficient (Wildman–Crippen LogP) is -0.0472. The van der Waals surface area contributed by atoms with Crippen molar-refractivity contribution in [2.75, 3.05) is 31.2 Å². The first-order valence-corrected chi connectivity index (χ1v) is 6.01. The lowest BCUT2D eigenvalue weighted by atomic mass is 10.1. The summed E-state index contributed by atoms with van der Waals surface area (Å²) < 4.78 is 6.22. The van der Waals surface area contributed by atoms with Gasteiger partial charge in [0.15, 0.2) is 5.82 Å². The van der Waals surface area contributed by atoms with Crippen LogP contribution in [0.5, 0.6) is 0 Å². The molecule has 2 rings (SSSR count). The Morgan fingerprint density at radius 2 is 2.22 bits per heavy atom. The molecule has 4 N–H and O–H groups in total. The van der Waals surface area contributed by atoms with E-state index in [1.165, 1.54) is 11.8 Å². The van der Waals surface area contributed by atoms with Gasteiger partial charge in [-0.25, -0.2) is 4.79 Å². The fourth-order valence-electron chi connectivity index (χ4n) is 2.10. The van der Waals surface area contributed by atoms with Crippen LogP contribution in [0.4, 0.5) is 11.6 Å². The molecule has 0 bridgehead atoms. The standard InChI is InChI=1S/C11H19N5O2/c1-16-9(12)8(11(17)18-2)10(15-16)14-7-3-5-13-6-4-7/h7,13H,3-6,12H2,1-2H3,(H,14,15). The highest BCUT2D eigenvalue weighted by Crippen LogP contribution is 2.23. The summed E-state index contributed by atoms with van der Waals surface area (Å²) in [5.74, 6) is 0.365. The minimum absolute atomic E-state index is 0.309. The normalized spacial score (nSPS) is 16.6. The van der Waals surface area contributed by atoms with Crippen molar-refractivity contribution in [1.82, 2.24) is 15.1 Å². The summed E-state index contributed by atoms with van der Waals surface area (Å²) in [6, 6.07) is 0.309. The largest absolute Gasteiger partial charge is 0.465 e. The molecule has 0 amide bonds. The van der Waals surface area contributed by atoms with E-state index in [1.54, 1.807) is 7.05 Å². The number of hydrogen-bond acceptors (Lipinski definition) is 6. The van der Waals surface area contributed by atoms with E-state index in [4.69, 9.17) is 10.5 Å². The summed E-state index contributed by atoms with van der Waals surface area (Å²) in [6.45, 7) is 1.93. The summed E-state index contributed by atoms with van der Waals surface area (Å²) in [5.41, 5.74) is 6.15. The molecule has 0 radical (unpaired) electrons. The van der Waals surface area contributed by atoms with Crippen LogP contribution in [0.2, 0.25) is 0 Å². The van der Waals surface area contributed by atoms with Gasteiger partial charge in [-0.1, -0.05) is 0 Å². The SMILES string of the molecule is COC(=O)c1c(NC2CCNCC2)nn(C)c1N. The van der Waals surface area contributed by atoms with Gasteiger partial charge in [-0.15, -0.1) is 0 Å². The molecule has 0 atom stereocenters.